The van der Waals surface area contributed by atoms with Gasteiger partial charge in [0.05, 0.1) is 11.8 Å². The van der Waals surface area contributed by atoms with Gasteiger partial charge < -0.3 is 0 Å². The Balaban J connectivity index is 1.95. The van der Waals surface area contributed by atoms with E-state index in [1.165, 1.54) is 9.38 Å². The van der Waals surface area contributed by atoms with Crippen LogP contribution in [-0.2, 0) is 0 Å². The highest BCUT2D eigenvalue weighted by atomic mass is 32.2. The summed E-state index contributed by atoms with van der Waals surface area (Å²) in [5.74, 6) is 1.15. The van der Waals surface area contributed by atoms with Crippen molar-refractivity contribution in [3.8, 4) is 0 Å². The van der Waals surface area contributed by atoms with Crippen molar-refractivity contribution in [3.05, 3.63) is 16.6 Å². The van der Waals surface area contributed by atoms with E-state index in [1.54, 1.807) is 11.3 Å². The molecule has 0 saturated heterocycles. The predicted octanol–water partition coefficient (Wildman–Crippen LogP) is 3.04. The van der Waals surface area contributed by atoms with Crippen molar-refractivity contribution >= 4 is 39.2 Å². The number of hydrogen-bond donors (Lipinski definition) is 0. The van der Waals surface area contributed by atoms with E-state index < -0.39 is 0 Å². The quantitative estimate of drug-likeness (QED) is 0.781. The molecule has 0 N–H and O–H groups in total. The summed E-state index contributed by atoms with van der Waals surface area (Å²) < 4.78 is 1.22. The second kappa shape index (κ2) is 4.48. The Hall–Kier alpha value is -0.0000000000000000833. The molecule has 2 rings (SSSR count). The second-order valence-corrected chi connectivity index (χ2v) is 6.22. The first-order chi connectivity index (χ1) is 6.36. The molecule has 0 aliphatic carbocycles. The Morgan fingerprint density at radius 3 is 3.15 bits per heavy atom. The van der Waals surface area contributed by atoms with Crippen LogP contribution in [0.3, 0.4) is 0 Å². The van der Waals surface area contributed by atoms with E-state index in [1.807, 2.05) is 35.1 Å². The Bertz CT molecular complexity index is 294. The number of nitrogens with zero attached hydrogens (tertiary/aromatic N) is 2. The average Bonchev–Trinajstić information content (AvgIpc) is 2.74. The maximum Gasteiger partial charge on any atom is 0.125 e. The third-order valence-electron chi connectivity index (χ3n) is 1.63. The Morgan fingerprint density at radius 1 is 1.62 bits per heavy atom. The summed E-state index contributed by atoms with van der Waals surface area (Å²) in [5.41, 5.74) is 0. The van der Waals surface area contributed by atoms with Crippen LogP contribution in [0.1, 0.15) is 17.2 Å². The van der Waals surface area contributed by atoms with Gasteiger partial charge in [0, 0.05) is 17.3 Å². The highest BCUT2D eigenvalue weighted by Crippen LogP contribution is 2.35. The van der Waals surface area contributed by atoms with Crippen molar-refractivity contribution in [3.63, 3.8) is 0 Å². The first kappa shape index (κ1) is 9.55. The number of thioether (sulfide) groups is 2. The number of aliphatic imine (C=N–C) groups is 1. The van der Waals surface area contributed by atoms with Gasteiger partial charge in [0.2, 0.25) is 0 Å². The number of rotatable bonds is 2. The molecule has 70 valence electrons. The highest BCUT2D eigenvalue weighted by molar-refractivity contribution is 8.39. The lowest BCUT2D eigenvalue weighted by atomic mass is 10.5. The van der Waals surface area contributed by atoms with E-state index in [9.17, 15) is 0 Å². The van der Waals surface area contributed by atoms with E-state index in [0.29, 0.717) is 5.25 Å². The first-order valence-corrected chi connectivity index (χ1v) is 6.84. The third kappa shape index (κ3) is 2.48. The van der Waals surface area contributed by atoms with Crippen LogP contribution in [-0.4, -0.2) is 21.7 Å². The normalized spacial score (nSPS) is 18.7. The number of thiazole rings is 1. The Kier molecular flexibility index (Phi) is 3.29. The van der Waals surface area contributed by atoms with Crippen molar-refractivity contribution in [1.29, 1.82) is 0 Å². The van der Waals surface area contributed by atoms with Crippen molar-refractivity contribution in [1.82, 2.24) is 4.98 Å². The molecule has 0 aromatic carbocycles. The monoisotopic (exact) mass is 230 g/mol. The average molecular weight is 230 g/mol. The molecule has 13 heavy (non-hydrogen) atoms. The maximum atomic E-state index is 4.40. The van der Waals surface area contributed by atoms with Gasteiger partial charge in [-0.15, -0.1) is 11.3 Å². The molecule has 1 atom stereocenters. The summed E-state index contributed by atoms with van der Waals surface area (Å²) in [6, 6.07) is 0. The molecule has 2 heterocycles. The van der Waals surface area contributed by atoms with E-state index >= 15 is 0 Å². The lowest BCUT2D eigenvalue weighted by Gasteiger charge is -2.05. The largest absolute Gasteiger partial charge is 0.271 e. The smallest absolute Gasteiger partial charge is 0.125 e. The number of aromatic nitrogens is 1. The topological polar surface area (TPSA) is 25.2 Å². The summed E-state index contributed by atoms with van der Waals surface area (Å²) in [4.78, 5) is 8.70. The standard InChI is InChI=1S/C8H10N2S3/c1-6(7-9-2-4-11-7)13-8-10-3-5-12-8/h2,4,6H,3,5H2,1H3. The Morgan fingerprint density at radius 2 is 2.54 bits per heavy atom. The Labute approximate surface area is 90.3 Å². The number of hydrogen-bond acceptors (Lipinski definition) is 5. The molecule has 0 radical (unpaired) electrons. The molecule has 0 amide bonds. The van der Waals surface area contributed by atoms with Crippen LogP contribution in [0.4, 0.5) is 0 Å². The summed E-state index contributed by atoms with van der Waals surface area (Å²) in [6.45, 7) is 3.17. The predicted molar refractivity (Wildman–Crippen MR) is 62.9 cm³/mol. The highest BCUT2D eigenvalue weighted by Gasteiger charge is 2.15. The lowest BCUT2D eigenvalue weighted by molar-refractivity contribution is 1.07. The van der Waals surface area contributed by atoms with Gasteiger partial charge in [-0.2, -0.15) is 0 Å². The molecule has 2 nitrogen and oxygen atoms in total. The molecule has 5 heteroatoms. The summed E-state index contributed by atoms with van der Waals surface area (Å²) in [6.07, 6.45) is 1.86. The fraction of sp³-hybridized carbons (Fsp3) is 0.500. The summed E-state index contributed by atoms with van der Waals surface area (Å²) in [7, 11) is 0. The van der Waals surface area contributed by atoms with Gasteiger partial charge in [-0.1, -0.05) is 23.5 Å². The van der Waals surface area contributed by atoms with Crippen molar-refractivity contribution in [2.45, 2.75) is 12.2 Å². The first-order valence-electron chi connectivity index (χ1n) is 4.09. The molecular formula is C8H10N2S3. The lowest BCUT2D eigenvalue weighted by Crippen LogP contribution is -1.90. The minimum absolute atomic E-state index is 0.448. The van der Waals surface area contributed by atoms with Crippen LogP contribution >= 0.6 is 34.9 Å². The zero-order valence-corrected chi connectivity index (χ0v) is 9.71. The molecule has 1 aliphatic heterocycles. The van der Waals surface area contributed by atoms with E-state index in [2.05, 4.69) is 16.9 Å². The summed E-state index contributed by atoms with van der Waals surface area (Å²) >= 11 is 5.40. The van der Waals surface area contributed by atoms with Gasteiger partial charge in [0.15, 0.2) is 0 Å². The van der Waals surface area contributed by atoms with Gasteiger partial charge in [-0.05, 0) is 6.92 Å². The van der Waals surface area contributed by atoms with Crippen LogP contribution in [0.5, 0.6) is 0 Å². The van der Waals surface area contributed by atoms with Gasteiger partial charge in [-0.3, -0.25) is 4.99 Å². The minimum atomic E-state index is 0.448. The third-order valence-corrected chi connectivity index (χ3v) is 5.05. The molecule has 1 unspecified atom stereocenters. The van der Waals surface area contributed by atoms with Crippen LogP contribution < -0.4 is 0 Å². The zero-order valence-electron chi connectivity index (χ0n) is 7.27. The van der Waals surface area contributed by atoms with Gasteiger partial charge in [0.1, 0.15) is 9.38 Å². The molecular weight excluding hydrogens is 220 g/mol. The van der Waals surface area contributed by atoms with Crippen molar-refractivity contribution in [2.75, 3.05) is 12.3 Å². The molecule has 1 aliphatic rings. The molecule has 1 aromatic rings. The molecule has 0 spiro atoms. The van der Waals surface area contributed by atoms with E-state index in [4.69, 9.17) is 0 Å². The van der Waals surface area contributed by atoms with Crippen LogP contribution in [0.2, 0.25) is 0 Å². The van der Waals surface area contributed by atoms with Crippen molar-refractivity contribution in [2.24, 2.45) is 4.99 Å². The zero-order chi connectivity index (χ0) is 9.10. The van der Waals surface area contributed by atoms with Gasteiger partial charge in [-0.25, -0.2) is 4.98 Å². The fourth-order valence-corrected chi connectivity index (χ4v) is 4.03. The summed E-state index contributed by atoms with van der Waals surface area (Å²) in [5, 5.41) is 3.67. The molecule has 0 bridgehead atoms. The maximum absolute atomic E-state index is 4.40. The van der Waals surface area contributed by atoms with E-state index in [0.717, 1.165) is 12.3 Å². The second-order valence-electron chi connectivity index (χ2n) is 2.63. The molecule has 1 aromatic heterocycles. The molecule has 0 saturated carbocycles. The van der Waals surface area contributed by atoms with Gasteiger partial charge in [0.25, 0.3) is 0 Å². The van der Waals surface area contributed by atoms with E-state index in [-0.39, 0.29) is 0 Å². The fourth-order valence-electron chi connectivity index (χ4n) is 1.02. The minimum Gasteiger partial charge on any atom is -0.271 e. The molecule has 0 fully saturated rings. The SMILES string of the molecule is CC(SC1=NCCS1)c1nccs1. The van der Waals surface area contributed by atoms with Gasteiger partial charge >= 0.3 is 0 Å². The van der Waals surface area contributed by atoms with Crippen molar-refractivity contribution < 1.29 is 0 Å². The van der Waals surface area contributed by atoms with Crippen LogP contribution in [0.25, 0.3) is 0 Å². The van der Waals surface area contributed by atoms with Crippen LogP contribution in [0, 0.1) is 0 Å². The van der Waals surface area contributed by atoms with Crippen LogP contribution in [0.15, 0.2) is 16.6 Å².